The van der Waals surface area contributed by atoms with Gasteiger partial charge in [0.1, 0.15) is 6.29 Å². The summed E-state index contributed by atoms with van der Waals surface area (Å²) in [6.45, 7) is 0. The second-order valence-electron chi connectivity index (χ2n) is 0.744. The SMILES string of the molecule is O=CCCP. The predicted molar refractivity (Wildman–Crippen MR) is 25.3 cm³/mol. The van der Waals surface area contributed by atoms with E-state index in [9.17, 15) is 4.79 Å². The van der Waals surface area contributed by atoms with Crippen LogP contribution in [0.2, 0.25) is 0 Å². The van der Waals surface area contributed by atoms with E-state index in [4.69, 9.17) is 0 Å². The summed E-state index contributed by atoms with van der Waals surface area (Å²) < 4.78 is 0. The van der Waals surface area contributed by atoms with Gasteiger partial charge in [0.15, 0.2) is 0 Å². The molecule has 0 aromatic carbocycles. The highest BCUT2D eigenvalue weighted by atomic mass is 31.0. The average molecular weight is 90.1 g/mol. The van der Waals surface area contributed by atoms with Gasteiger partial charge in [-0.3, -0.25) is 0 Å². The Morgan fingerprint density at radius 3 is 2.40 bits per heavy atom. The number of aldehydes is 1. The van der Waals surface area contributed by atoms with E-state index in [1.807, 2.05) is 0 Å². The van der Waals surface area contributed by atoms with Crippen molar-refractivity contribution in [2.24, 2.45) is 0 Å². The Hall–Kier alpha value is 0.100. The van der Waals surface area contributed by atoms with Gasteiger partial charge in [-0.15, -0.1) is 9.24 Å². The highest BCUT2D eigenvalue weighted by Crippen LogP contribution is 1.79. The van der Waals surface area contributed by atoms with E-state index in [1.165, 1.54) is 0 Å². The van der Waals surface area contributed by atoms with Gasteiger partial charge in [0.2, 0.25) is 0 Å². The maximum absolute atomic E-state index is 9.39. The molecule has 0 aromatic rings. The van der Waals surface area contributed by atoms with Crippen molar-refractivity contribution in [2.75, 3.05) is 6.16 Å². The van der Waals surface area contributed by atoms with Gasteiger partial charge in [0.25, 0.3) is 0 Å². The molecule has 30 valence electrons. The van der Waals surface area contributed by atoms with E-state index in [-0.39, 0.29) is 0 Å². The Morgan fingerprint density at radius 2 is 2.40 bits per heavy atom. The van der Waals surface area contributed by atoms with E-state index >= 15 is 0 Å². The van der Waals surface area contributed by atoms with Crippen molar-refractivity contribution in [3.63, 3.8) is 0 Å². The first-order valence-electron chi connectivity index (χ1n) is 1.55. The molecule has 0 aliphatic heterocycles. The fourth-order valence-electron chi connectivity index (χ4n) is 0.0680. The smallest absolute Gasteiger partial charge is 0.120 e. The van der Waals surface area contributed by atoms with E-state index < -0.39 is 0 Å². The zero-order chi connectivity index (χ0) is 4.12. The summed E-state index contributed by atoms with van der Waals surface area (Å²) in [7, 11) is 2.47. The Labute approximate surface area is 34.0 Å². The van der Waals surface area contributed by atoms with Crippen LogP contribution in [0.3, 0.4) is 0 Å². The van der Waals surface area contributed by atoms with Crippen molar-refractivity contribution >= 4 is 15.5 Å². The lowest BCUT2D eigenvalue weighted by atomic mass is 10.6. The van der Waals surface area contributed by atoms with Gasteiger partial charge in [0.05, 0.1) is 0 Å². The van der Waals surface area contributed by atoms with Crippen LogP contribution in [0, 0.1) is 0 Å². The number of hydrogen-bond acceptors (Lipinski definition) is 1. The first-order chi connectivity index (χ1) is 2.41. The molecule has 0 heterocycles. The first-order valence-corrected chi connectivity index (χ1v) is 2.37. The van der Waals surface area contributed by atoms with Crippen LogP contribution in [-0.4, -0.2) is 12.4 Å². The van der Waals surface area contributed by atoms with Crippen molar-refractivity contribution in [1.29, 1.82) is 0 Å². The fraction of sp³-hybridized carbons (Fsp3) is 0.667. The van der Waals surface area contributed by atoms with E-state index in [0.717, 1.165) is 12.4 Å². The lowest BCUT2D eigenvalue weighted by Gasteiger charge is -1.68. The average Bonchev–Trinajstić information content (AvgIpc) is 1.41. The molecule has 1 unspecified atom stereocenters. The number of hydrogen-bond donors (Lipinski definition) is 0. The van der Waals surface area contributed by atoms with E-state index in [0.29, 0.717) is 6.42 Å². The normalized spacial score (nSPS) is 7.40. The molecule has 0 N–H and O–H groups in total. The molecule has 0 saturated heterocycles. The number of carbonyl (C=O) groups is 1. The summed E-state index contributed by atoms with van der Waals surface area (Å²) in [5.74, 6) is 0. The monoisotopic (exact) mass is 90.0 g/mol. The largest absolute Gasteiger partial charge is 0.303 e. The third-order valence-electron chi connectivity index (χ3n) is 0.285. The van der Waals surface area contributed by atoms with Crippen molar-refractivity contribution in [2.45, 2.75) is 6.42 Å². The molecule has 0 rings (SSSR count). The maximum atomic E-state index is 9.39. The highest BCUT2D eigenvalue weighted by molar-refractivity contribution is 7.16. The molecular weight excluding hydrogens is 83.0 g/mol. The van der Waals surface area contributed by atoms with Gasteiger partial charge in [-0.2, -0.15) is 0 Å². The summed E-state index contributed by atoms with van der Waals surface area (Å²) in [5.41, 5.74) is 0. The summed E-state index contributed by atoms with van der Waals surface area (Å²) in [6.07, 6.45) is 2.47. The second kappa shape index (κ2) is 4.10. The molecule has 0 radical (unpaired) electrons. The quantitative estimate of drug-likeness (QED) is 0.355. The zero-order valence-corrected chi connectivity index (χ0v) is 4.13. The molecule has 0 aromatic heterocycles. The molecule has 1 atom stereocenters. The molecule has 0 amide bonds. The molecule has 1 nitrogen and oxygen atoms in total. The number of rotatable bonds is 2. The van der Waals surface area contributed by atoms with Gasteiger partial charge in [-0.1, -0.05) is 0 Å². The standard InChI is InChI=1S/C3H7OP/c4-2-1-3-5/h2H,1,3,5H2. The molecule has 0 spiro atoms. The minimum atomic E-state index is 0.671. The molecular formula is C3H7OP. The van der Waals surface area contributed by atoms with Gasteiger partial charge >= 0.3 is 0 Å². The minimum Gasteiger partial charge on any atom is -0.303 e. The molecule has 0 fully saturated rings. The Bertz CT molecular complexity index is 28.1. The van der Waals surface area contributed by atoms with Crippen LogP contribution in [0.5, 0.6) is 0 Å². The molecule has 5 heavy (non-hydrogen) atoms. The van der Waals surface area contributed by atoms with E-state index in [2.05, 4.69) is 9.24 Å². The third-order valence-corrected chi connectivity index (χ3v) is 0.618. The molecule has 0 saturated carbocycles. The lowest BCUT2D eigenvalue weighted by molar-refractivity contribution is -0.107. The predicted octanol–water partition coefficient (Wildman–Crippen LogP) is 0.450. The molecule has 2 heteroatoms. The van der Waals surface area contributed by atoms with Gasteiger partial charge < -0.3 is 4.79 Å². The third kappa shape index (κ3) is 4.10. The molecule has 0 aliphatic rings. The number of carbonyl (C=O) groups excluding carboxylic acids is 1. The van der Waals surface area contributed by atoms with Crippen LogP contribution in [0.25, 0.3) is 0 Å². The van der Waals surface area contributed by atoms with Crippen LogP contribution in [-0.2, 0) is 4.79 Å². The van der Waals surface area contributed by atoms with Crippen molar-refractivity contribution < 1.29 is 4.79 Å². The van der Waals surface area contributed by atoms with Crippen molar-refractivity contribution in [3.8, 4) is 0 Å². The Balaban J connectivity index is 2.40. The van der Waals surface area contributed by atoms with Gasteiger partial charge in [-0.25, -0.2) is 0 Å². The van der Waals surface area contributed by atoms with Crippen LogP contribution >= 0.6 is 9.24 Å². The molecule has 0 aliphatic carbocycles. The van der Waals surface area contributed by atoms with Crippen LogP contribution in [0.4, 0.5) is 0 Å². The summed E-state index contributed by atoms with van der Waals surface area (Å²) in [4.78, 5) is 9.39. The van der Waals surface area contributed by atoms with Crippen LogP contribution < -0.4 is 0 Å². The van der Waals surface area contributed by atoms with Crippen molar-refractivity contribution in [3.05, 3.63) is 0 Å². The Morgan fingerprint density at radius 1 is 1.80 bits per heavy atom. The fourth-order valence-corrected chi connectivity index (χ4v) is 0.204. The van der Waals surface area contributed by atoms with Crippen LogP contribution in [0.15, 0.2) is 0 Å². The van der Waals surface area contributed by atoms with Gasteiger partial charge in [0, 0.05) is 6.42 Å². The highest BCUT2D eigenvalue weighted by Gasteiger charge is 1.66. The van der Waals surface area contributed by atoms with Crippen molar-refractivity contribution in [1.82, 2.24) is 0 Å². The summed E-state index contributed by atoms with van der Waals surface area (Å²) in [5, 5.41) is 0. The summed E-state index contributed by atoms with van der Waals surface area (Å²) >= 11 is 0. The molecule has 0 bridgehead atoms. The summed E-state index contributed by atoms with van der Waals surface area (Å²) in [6, 6.07) is 0. The topological polar surface area (TPSA) is 17.1 Å². The maximum Gasteiger partial charge on any atom is 0.120 e. The minimum absolute atomic E-state index is 0.671. The zero-order valence-electron chi connectivity index (χ0n) is 2.98. The second-order valence-corrected chi connectivity index (χ2v) is 1.32. The van der Waals surface area contributed by atoms with E-state index in [1.54, 1.807) is 0 Å². The van der Waals surface area contributed by atoms with Crippen LogP contribution in [0.1, 0.15) is 6.42 Å². The van der Waals surface area contributed by atoms with Gasteiger partial charge in [-0.05, 0) is 6.16 Å². The lowest BCUT2D eigenvalue weighted by Crippen LogP contribution is -1.69. The first kappa shape index (κ1) is 5.10. The Kier molecular flexibility index (Phi) is 4.18.